The molecule has 0 unspecified atom stereocenters. The maximum absolute atomic E-state index is 13.4. The molecule has 0 radical (unpaired) electrons. The van der Waals surface area contributed by atoms with Gasteiger partial charge in [0.15, 0.2) is 0 Å². The summed E-state index contributed by atoms with van der Waals surface area (Å²) in [7, 11) is 0. The van der Waals surface area contributed by atoms with Crippen LogP contribution in [0.4, 0.5) is 4.79 Å². The number of carbonyl (C=O) groups is 4. The van der Waals surface area contributed by atoms with Crippen molar-refractivity contribution in [1.29, 1.82) is 0 Å². The molecule has 0 aliphatic rings. The third kappa shape index (κ3) is 8.75. The van der Waals surface area contributed by atoms with Crippen molar-refractivity contribution in [3.8, 4) is 0 Å². The Hall–Kier alpha value is -4.55. The molecule has 0 fully saturated rings. The fourth-order valence-electron chi connectivity index (χ4n) is 4.11. The first kappa shape index (κ1) is 30.0. The van der Waals surface area contributed by atoms with Crippen LogP contribution in [0.2, 0.25) is 0 Å². The molecular formula is C28H34N6O6. The van der Waals surface area contributed by atoms with Gasteiger partial charge in [0.25, 0.3) is 5.91 Å². The molecule has 1 heterocycles. The van der Waals surface area contributed by atoms with E-state index in [0.29, 0.717) is 5.52 Å². The molecule has 0 spiro atoms. The number of primary amides is 1. The number of carbonyl (C=O) groups excluding carboxylic acids is 3. The Balaban J connectivity index is 1.81. The first-order chi connectivity index (χ1) is 19.0. The Kier molecular flexibility index (Phi) is 10.5. The van der Waals surface area contributed by atoms with E-state index in [4.69, 9.17) is 10.8 Å². The molecule has 0 saturated carbocycles. The van der Waals surface area contributed by atoms with E-state index >= 15 is 0 Å². The Morgan fingerprint density at radius 3 is 2.27 bits per heavy atom. The van der Waals surface area contributed by atoms with Gasteiger partial charge in [-0.2, -0.15) is 0 Å². The first-order valence-corrected chi connectivity index (χ1v) is 12.8. The molecule has 1 aromatic heterocycles. The van der Waals surface area contributed by atoms with Crippen LogP contribution in [-0.2, 0) is 16.0 Å². The van der Waals surface area contributed by atoms with Gasteiger partial charge >= 0.3 is 6.09 Å². The number of para-hydroxylation sites is 1. The second-order valence-electron chi connectivity index (χ2n) is 9.62. The zero-order chi connectivity index (χ0) is 29.2. The standard InChI is InChI=1S/C28H34N6O6/c1-17(2)34(33-28(39)40)16-24(35)22(14-18-8-4-3-5-9-18)31-27(38)23(15-25(29)36)32-26(37)21-13-12-19-10-6-7-11-20(19)30-21/h3-13,17,22-24,33,35H,14-16H2,1-2H3,(H2,29,36)(H,31,38)(H,32,37)(H,39,40)/t22-,23-,24+/m0/s1. The van der Waals surface area contributed by atoms with Gasteiger partial charge in [-0.15, -0.1) is 0 Å². The monoisotopic (exact) mass is 550 g/mol. The molecule has 4 amide bonds. The fourth-order valence-corrected chi connectivity index (χ4v) is 4.11. The summed E-state index contributed by atoms with van der Waals surface area (Å²) in [6, 6.07) is 17.0. The van der Waals surface area contributed by atoms with Gasteiger partial charge in [-0.05, 0) is 38.0 Å². The number of hydrazine groups is 1. The van der Waals surface area contributed by atoms with E-state index in [1.165, 1.54) is 11.1 Å². The number of pyridine rings is 1. The SMILES string of the molecule is CC(C)N(C[C@@H](O)[C@H](Cc1ccccc1)NC(=O)[C@H](CC(N)=O)NC(=O)c1ccc2ccccc2n1)NC(=O)O. The summed E-state index contributed by atoms with van der Waals surface area (Å²) in [5, 5.41) is 27.7. The molecule has 7 N–H and O–H groups in total. The van der Waals surface area contributed by atoms with Crippen LogP contribution in [-0.4, -0.2) is 74.8 Å². The second kappa shape index (κ2) is 14.0. The van der Waals surface area contributed by atoms with E-state index in [-0.39, 0.29) is 24.7 Å². The van der Waals surface area contributed by atoms with Gasteiger partial charge in [-0.1, -0.05) is 54.6 Å². The van der Waals surface area contributed by atoms with Gasteiger partial charge in [-0.3, -0.25) is 19.8 Å². The van der Waals surface area contributed by atoms with Crippen molar-refractivity contribution in [2.45, 2.75) is 50.9 Å². The van der Waals surface area contributed by atoms with Crippen LogP contribution in [0, 0.1) is 0 Å². The Bertz CT molecular complexity index is 1340. The average Bonchev–Trinajstić information content (AvgIpc) is 2.91. The zero-order valence-corrected chi connectivity index (χ0v) is 22.3. The molecule has 212 valence electrons. The highest BCUT2D eigenvalue weighted by Crippen LogP contribution is 2.13. The summed E-state index contributed by atoms with van der Waals surface area (Å²) in [6.07, 6.45) is -2.82. The lowest BCUT2D eigenvalue weighted by molar-refractivity contribution is -0.128. The van der Waals surface area contributed by atoms with Crippen molar-refractivity contribution in [3.63, 3.8) is 0 Å². The topological polar surface area (TPSA) is 187 Å². The lowest BCUT2D eigenvalue weighted by Crippen LogP contribution is -2.58. The summed E-state index contributed by atoms with van der Waals surface area (Å²) < 4.78 is 0. The van der Waals surface area contributed by atoms with Crippen LogP contribution >= 0.6 is 0 Å². The van der Waals surface area contributed by atoms with Crippen molar-refractivity contribution in [2.75, 3.05) is 6.54 Å². The van der Waals surface area contributed by atoms with E-state index in [0.717, 1.165) is 10.9 Å². The largest absolute Gasteiger partial charge is 0.464 e. The highest BCUT2D eigenvalue weighted by atomic mass is 16.4. The molecule has 2 aromatic carbocycles. The van der Waals surface area contributed by atoms with Crippen LogP contribution in [0.1, 0.15) is 36.3 Å². The molecule has 0 saturated heterocycles. The number of nitrogens with one attached hydrogen (secondary N) is 3. The van der Waals surface area contributed by atoms with E-state index in [1.54, 1.807) is 44.2 Å². The second-order valence-corrected chi connectivity index (χ2v) is 9.62. The lowest BCUT2D eigenvalue weighted by atomic mass is 9.99. The van der Waals surface area contributed by atoms with Crippen LogP contribution in [0.15, 0.2) is 66.7 Å². The van der Waals surface area contributed by atoms with E-state index < -0.39 is 48.4 Å². The summed E-state index contributed by atoms with van der Waals surface area (Å²) >= 11 is 0. The maximum atomic E-state index is 13.4. The molecule has 0 aliphatic heterocycles. The van der Waals surface area contributed by atoms with Crippen molar-refractivity contribution in [1.82, 2.24) is 26.1 Å². The van der Waals surface area contributed by atoms with Gasteiger partial charge in [0, 0.05) is 18.0 Å². The minimum Gasteiger partial charge on any atom is -0.464 e. The van der Waals surface area contributed by atoms with E-state index in [9.17, 15) is 24.3 Å². The maximum Gasteiger partial charge on any atom is 0.419 e. The third-order valence-electron chi connectivity index (χ3n) is 6.20. The van der Waals surface area contributed by atoms with Crippen molar-refractivity contribution in [3.05, 3.63) is 78.0 Å². The van der Waals surface area contributed by atoms with E-state index in [1.807, 2.05) is 30.3 Å². The summed E-state index contributed by atoms with van der Waals surface area (Å²) in [6.45, 7) is 3.34. The first-order valence-electron chi connectivity index (χ1n) is 12.8. The number of nitrogens with zero attached hydrogens (tertiary/aromatic N) is 2. The van der Waals surface area contributed by atoms with Gasteiger partial charge in [0.2, 0.25) is 11.8 Å². The lowest BCUT2D eigenvalue weighted by Gasteiger charge is -2.32. The number of aliphatic hydroxyl groups is 1. The van der Waals surface area contributed by atoms with Crippen molar-refractivity contribution >= 4 is 34.7 Å². The fraction of sp³-hybridized carbons (Fsp3) is 0.321. The quantitative estimate of drug-likeness (QED) is 0.171. The molecule has 0 bridgehead atoms. The van der Waals surface area contributed by atoms with Gasteiger partial charge < -0.3 is 26.6 Å². The summed E-state index contributed by atoms with van der Waals surface area (Å²) in [5.41, 5.74) is 9.05. The third-order valence-corrected chi connectivity index (χ3v) is 6.20. The predicted octanol–water partition coefficient (Wildman–Crippen LogP) is 1.19. The number of hydrogen-bond acceptors (Lipinski definition) is 7. The normalized spacial score (nSPS) is 13.4. The van der Waals surface area contributed by atoms with Crippen LogP contribution in [0.5, 0.6) is 0 Å². The van der Waals surface area contributed by atoms with Gasteiger partial charge in [0.1, 0.15) is 11.7 Å². The Labute approximate surface area is 231 Å². The molecular weight excluding hydrogens is 516 g/mol. The highest BCUT2D eigenvalue weighted by molar-refractivity contribution is 5.99. The number of amides is 4. The molecule has 0 aliphatic carbocycles. The number of hydrogen-bond donors (Lipinski definition) is 6. The average molecular weight is 551 g/mol. The molecule has 3 atom stereocenters. The molecule has 12 heteroatoms. The van der Waals surface area contributed by atoms with Crippen molar-refractivity contribution in [2.24, 2.45) is 5.73 Å². The Morgan fingerprint density at radius 2 is 1.62 bits per heavy atom. The zero-order valence-electron chi connectivity index (χ0n) is 22.3. The molecule has 3 aromatic rings. The Morgan fingerprint density at radius 1 is 0.950 bits per heavy atom. The van der Waals surface area contributed by atoms with E-state index in [2.05, 4.69) is 21.0 Å². The number of nitrogens with two attached hydrogens (primary N) is 1. The number of fused-ring (bicyclic) bond motifs is 1. The van der Waals surface area contributed by atoms with Crippen LogP contribution < -0.4 is 21.8 Å². The number of carboxylic acid groups (broad SMARTS) is 1. The number of aliphatic hydroxyl groups excluding tert-OH is 1. The highest BCUT2D eigenvalue weighted by Gasteiger charge is 2.30. The van der Waals surface area contributed by atoms with Crippen LogP contribution in [0.25, 0.3) is 10.9 Å². The van der Waals surface area contributed by atoms with Crippen LogP contribution in [0.3, 0.4) is 0 Å². The number of aromatic nitrogens is 1. The molecule has 12 nitrogen and oxygen atoms in total. The molecule has 3 rings (SSSR count). The van der Waals surface area contributed by atoms with Gasteiger partial charge in [0.05, 0.1) is 24.1 Å². The van der Waals surface area contributed by atoms with Crippen molar-refractivity contribution < 1.29 is 29.4 Å². The summed E-state index contributed by atoms with van der Waals surface area (Å²) in [4.78, 5) is 53.7. The minimum atomic E-state index is -1.35. The smallest absolute Gasteiger partial charge is 0.419 e. The molecule has 40 heavy (non-hydrogen) atoms. The predicted molar refractivity (Wildman–Crippen MR) is 148 cm³/mol. The minimum absolute atomic E-state index is 0.0501. The summed E-state index contributed by atoms with van der Waals surface area (Å²) in [5.74, 6) is -2.23. The number of benzene rings is 2. The number of rotatable bonds is 13. The van der Waals surface area contributed by atoms with Gasteiger partial charge in [-0.25, -0.2) is 14.8 Å².